The van der Waals surface area contributed by atoms with Crippen molar-refractivity contribution in [2.75, 3.05) is 19.7 Å². The fourth-order valence-corrected chi connectivity index (χ4v) is 3.71. The van der Waals surface area contributed by atoms with Crippen molar-refractivity contribution in [3.63, 3.8) is 0 Å². The Morgan fingerprint density at radius 3 is 2.72 bits per heavy atom. The maximum absolute atomic E-state index is 13.1. The van der Waals surface area contributed by atoms with Gasteiger partial charge in [0.25, 0.3) is 0 Å². The molecule has 1 saturated heterocycles. The van der Waals surface area contributed by atoms with E-state index in [1.165, 1.54) is 12.1 Å². The highest BCUT2D eigenvalue weighted by Gasteiger charge is 2.38. The number of benzene rings is 2. The van der Waals surface area contributed by atoms with Crippen molar-refractivity contribution >= 4 is 11.1 Å². The maximum Gasteiger partial charge on any atom is 0.209 e. The monoisotopic (exact) mass is 340 g/mol. The molecule has 4 nitrogen and oxygen atoms in total. The third-order valence-corrected chi connectivity index (χ3v) is 5.04. The highest BCUT2D eigenvalue weighted by atomic mass is 19.1. The molecule has 1 unspecified atom stereocenters. The minimum absolute atomic E-state index is 0.119. The summed E-state index contributed by atoms with van der Waals surface area (Å²) < 4.78 is 18.9. The van der Waals surface area contributed by atoms with Gasteiger partial charge in [0.05, 0.1) is 13.2 Å². The van der Waals surface area contributed by atoms with Crippen LogP contribution < -0.4 is 0 Å². The molecule has 0 saturated carbocycles. The van der Waals surface area contributed by atoms with E-state index in [0.717, 1.165) is 42.6 Å². The fraction of sp³-hybridized carbons (Fsp3) is 0.350. The minimum atomic E-state index is -0.231. The highest BCUT2D eigenvalue weighted by molar-refractivity contribution is 5.72. The summed E-state index contributed by atoms with van der Waals surface area (Å²) in [7, 11) is 0. The lowest BCUT2D eigenvalue weighted by molar-refractivity contribution is 0.125. The molecule has 130 valence electrons. The summed E-state index contributed by atoms with van der Waals surface area (Å²) in [5.41, 5.74) is 2.54. The molecule has 1 atom stereocenters. The second-order valence-electron chi connectivity index (χ2n) is 7.00. The zero-order valence-corrected chi connectivity index (χ0v) is 14.0. The lowest BCUT2D eigenvalue weighted by atomic mass is 9.81. The number of halogens is 1. The summed E-state index contributed by atoms with van der Waals surface area (Å²) in [6.07, 6.45) is 1.65. The number of aromatic nitrogens is 1. The summed E-state index contributed by atoms with van der Waals surface area (Å²) >= 11 is 0. The fourth-order valence-electron chi connectivity index (χ4n) is 3.71. The number of fused-ring (bicyclic) bond motifs is 1. The summed E-state index contributed by atoms with van der Waals surface area (Å²) in [5, 5.41) is 9.99. The van der Waals surface area contributed by atoms with Gasteiger partial charge in [-0.25, -0.2) is 9.37 Å². The van der Waals surface area contributed by atoms with Gasteiger partial charge in [0, 0.05) is 12.0 Å². The van der Waals surface area contributed by atoms with Crippen LogP contribution in [0.15, 0.2) is 52.9 Å². The van der Waals surface area contributed by atoms with E-state index < -0.39 is 0 Å². The highest BCUT2D eigenvalue weighted by Crippen LogP contribution is 2.34. The number of para-hydroxylation sites is 2. The number of oxazole rings is 1. The first-order valence-corrected chi connectivity index (χ1v) is 8.58. The van der Waals surface area contributed by atoms with E-state index in [0.29, 0.717) is 12.4 Å². The molecule has 5 heteroatoms. The molecule has 0 aliphatic carbocycles. The Balaban J connectivity index is 1.45. The van der Waals surface area contributed by atoms with Crippen molar-refractivity contribution in [3.8, 4) is 0 Å². The number of nitrogens with zero attached hydrogens (tertiary/aromatic N) is 2. The average molecular weight is 340 g/mol. The molecule has 0 bridgehead atoms. The van der Waals surface area contributed by atoms with Crippen LogP contribution in [0.3, 0.4) is 0 Å². The summed E-state index contributed by atoms with van der Waals surface area (Å²) in [6, 6.07) is 14.3. The normalized spacial score (nSPS) is 21.2. The largest absolute Gasteiger partial charge is 0.439 e. The maximum atomic E-state index is 13.1. The summed E-state index contributed by atoms with van der Waals surface area (Å²) in [5.74, 6) is 0.475. The molecule has 4 rings (SSSR count). The van der Waals surface area contributed by atoms with Crippen LogP contribution >= 0.6 is 0 Å². The number of likely N-dealkylation sites (tertiary alicyclic amines) is 1. The number of rotatable bonds is 5. The molecule has 0 amide bonds. The minimum Gasteiger partial charge on any atom is -0.439 e. The topological polar surface area (TPSA) is 49.5 Å². The quantitative estimate of drug-likeness (QED) is 0.773. The lowest BCUT2D eigenvalue weighted by Crippen LogP contribution is -2.32. The van der Waals surface area contributed by atoms with Gasteiger partial charge in [0.1, 0.15) is 11.3 Å². The van der Waals surface area contributed by atoms with Crippen LogP contribution in [-0.2, 0) is 13.0 Å². The molecular weight excluding hydrogens is 319 g/mol. The zero-order chi connectivity index (χ0) is 17.3. The molecule has 2 heterocycles. The number of aliphatic hydroxyl groups excluding tert-OH is 1. The smallest absolute Gasteiger partial charge is 0.209 e. The SMILES string of the molecule is OCC1(Cc2ccc(F)cc2)CCN(Cc2nc3ccccc3o2)C1. The summed E-state index contributed by atoms with van der Waals surface area (Å²) in [6.45, 7) is 2.42. The van der Waals surface area contributed by atoms with Crippen LogP contribution in [0.25, 0.3) is 11.1 Å². The number of hydrogen-bond acceptors (Lipinski definition) is 4. The van der Waals surface area contributed by atoms with Crippen LogP contribution in [0.4, 0.5) is 4.39 Å². The van der Waals surface area contributed by atoms with Gasteiger partial charge in [-0.2, -0.15) is 0 Å². The third-order valence-electron chi connectivity index (χ3n) is 5.04. The van der Waals surface area contributed by atoms with Gasteiger partial charge < -0.3 is 9.52 Å². The second kappa shape index (κ2) is 6.58. The van der Waals surface area contributed by atoms with Gasteiger partial charge in [-0.05, 0) is 49.2 Å². The Labute approximate surface area is 145 Å². The zero-order valence-electron chi connectivity index (χ0n) is 14.0. The predicted octanol–water partition coefficient (Wildman–Crippen LogP) is 3.39. The molecule has 2 aromatic carbocycles. The van der Waals surface area contributed by atoms with Gasteiger partial charge in [0.15, 0.2) is 5.58 Å². The van der Waals surface area contributed by atoms with E-state index in [9.17, 15) is 9.50 Å². The van der Waals surface area contributed by atoms with Crippen LogP contribution in [-0.4, -0.2) is 34.7 Å². The third kappa shape index (κ3) is 3.43. The van der Waals surface area contributed by atoms with E-state index in [4.69, 9.17) is 4.42 Å². The molecule has 1 fully saturated rings. The van der Waals surface area contributed by atoms with E-state index in [-0.39, 0.29) is 17.8 Å². The van der Waals surface area contributed by atoms with Crippen molar-refractivity contribution in [2.24, 2.45) is 5.41 Å². The average Bonchev–Trinajstić information content (AvgIpc) is 3.21. The van der Waals surface area contributed by atoms with Gasteiger partial charge in [-0.1, -0.05) is 24.3 Å². The Hall–Kier alpha value is -2.24. The van der Waals surface area contributed by atoms with E-state index >= 15 is 0 Å². The van der Waals surface area contributed by atoms with Crippen LogP contribution in [0.1, 0.15) is 17.9 Å². The molecule has 1 aliphatic rings. The van der Waals surface area contributed by atoms with Gasteiger partial charge in [-0.3, -0.25) is 4.90 Å². The molecule has 25 heavy (non-hydrogen) atoms. The van der Waals surface area contributed by atoms with E-state index in [1.54, 1.807) is 12.1 Å². The van der Waals surface area contributed by atoms with Crippen LogP contribution in [0.2, 0.25) is 0 Å². The van der Waals surface area contributed by atoms with Gasteiger partial charge in [0.2, 0.25) is 5.89 Å². The van der Waals surface area contributed by atoms with Crippen molar-refractivity contribution in [1.29, 1.82) is 0 Å². The van der Waals surface area contributed by atoms with Gasteiger partial charge >= 0.3 is 0 Å². The Morgan fingerprint density at radius 1 is 1.16 bits per heavy atom. The first kappa shape index (κ1) is 16.2. The van der Waals surface area contributed by atoms with Crippen molar-refractivity contribution in [3.05, 3.63) is 65.8 Å². The van der Waals surface area contributed by atoms with E-state index in [2.05, 4.69) is 9.88 Å². The molecular formula is C20H21FN2O2. The Morgan fingerprint density at radius 2 is 1.96 bits per heavy atom. The standard InChI is InChI=1S/C20H21FN2O2/c21-16-7-5-15(6-8-16)11-20(14-24)9-10-23(13-20)12-19-22-17-3-1-2-4-18(17)25-19/h1-8,24H,9-14H2. The van der Waals surface area contributed by atoms with E-state index in [1.807, 2.05) is 24.3 Å². The van der Waals surface area contributed by atoms with Crippen LogP contribution in [0, 0.1) is 11.2 Å². The first-order valence-electron chi connectivity index (χ1n) is 8.58. The molecule has 1 aliphatic heterocycles. The molecule has 0 radical (unpaired) electrons. The molecule has 0 spiro atoms. The number of aliphatic hydroxyl groups is 1. The van der Waals surface area contributed by atoms with Crippen molar-refractivity contribution < 1.29 is 13.9 Å². The van der Waals surface area contributed by atoms with Crippen molar-refractivity contribution in [2.45, 2.75) is 19.4 Å². The summed E-state index contributed by atoms with van der Waals surface area (Å²) in [4.78, 5) is 6.80. The molecule has 1 N–H and O–H groups in total. The van der Waals surface area contributed by atoms with Gasteiger partial charge in [-0.15, -0.1) is 0 Å². The predicted molar refractivity (Wildman–Crippen MR) is 93.5 cm³/mol. The van der Waals surface area contributed by atoms with Crippen molar-refractivity contribution in [1.82, 2.24) is 9.88 Å². The molecule has 1 aromatic heterocycles. The lowest BCUT2D eigenvalue weighted by Gasteiger charge is -2.27. The first-order chi connectivity index (χ1) is 12.2. The Kier molecular flexibility index (Phi) is 4.27. The Bertz CT molecular complexity index is 829. The van der Waals surface area contributed by atoms with Crippen LogP contribution in [0.5, 0.6) is 0 Å². The molecule has 3 aromatic rings. The second-order valence-corrected chi connectivity index (χ2v) is 7.00. The number of hydrogen-bond donors (Lipinski definition) is 1.